The van der Waals surface area contributed by atoms with Gasteiger partial charge < -0.3 is 14.4 Å². The number of carbonyl (C=O) groups is 1. The van der Waals surface area contributed by atoms with Crippen molar-refractivity contribution >= 4 is 15.9 Å². The Morgan fingerprint density at radius 1 is 1.06 bits per heavy atom. The van der Waals surface area contributed by atoms with E-state index >= 15 is 0 Å². The molecule has 2 aromatic rings. The fourth-order valence-corrected chi connectivity index (χ4v) is 4.38. The molecule has 1 aliphatic heterocycles. The van der Waals surface area contributed by atoms with Crippen molar-refractivity contribution in [2.75, 3.05) is 19.3 Å². The van der Waals surface area contributed by atoms with Crippen LogP contribution in [0.4, 0.5) is 18.0 Å². The molecule has 3 rings (SSSR count). The van der Waals surface area contributed by atoms with Crippen LogP contribution < -0.4 is 0 Å². The molecule has 6 nitrogen and oxygen atoms in total. The van der Waals surface area contributed by atoms with Crippen LogP contribution in [0, 0.1) is 0 Å². The van der Waals surface area contributed by atoms with E-state index in [9.17, 15) is 26.4 Å². The van der Waals surface area contributed by atoms with Gasteiger partial charge in [-0.2, -0.15) is 13.2 Å². The summed E-state index contributed by atoms with van der Waals surface area (Å²) in [5.41, 5.74) is -0.204. The lowest BCUT2D eigenvalue weighted by Crippen LogP contribution is -2.36. The maximum atomic E-state index is 12.8. The summed E-state index contributed by atoms with van der Waals surface area (Å²) in [6.45, 7) is 5.75. The number of rotatable bonds is 5. The van der Waals surface area contributed by atoms with Gasteiger partial charge in [-0.3, -0.25) is 0 Å². The van der Waals surface area contributed by atoms with Crippen LogP contribution in [0.5, 0.6) is 0 Å². The molecular formula is C24H28F3NO5S. The molecule has 1 amide bonds. The maximum Gasteiger partial charge on any atom is 0.416 e. The number of likely N-dealkylation sites (tertiary alicyclic amines) is 1. The molecule has 0 bridgehead atoms. The molecule has 0 unspecified atom stereocenters. The van der Waals surface area contributed by atoms with E-state index in [1.165, 1.54) is 23.1 Å². The van der Waals surface area contributed by atoms with E-state index < -0.39 is 39.4 Å². The van der Waals surface area contributed by atoms with Gasteiger partial charge in [-0.25, -0.2) is 13.2 Å². The van der Waals surface area contributed by atoms with E-state index in [1.54, 1.807) is 39.0 Å². The normalized spacial score (nSPS) is 19.3. The molecule has 1 heterocycles. The highest BCUT2D eigenvalue weighted by Gasteiger charge is 2.39. The molecule has 1 fully saturated rings. The Morgan fingerprint density at radius 2 is 1.71 bits per heavy atom. The van der Waals surface area contributed by atoms with E-state index in [0.717, 1.165) is 18.4 Å². The third-order valence-corrected chi connectivity index (χ3v) is 6.49. The van der Waals surface area contributed by atoms with Gasteiger partial charge in [0.25, 0.3) is 0 Å². The summed E-state index contributed by atoms with van der Waals surface area (Å²) in [6, 6.07) is 11.2. The third kappa shape index (κ3) is 6.73. The largest absolute Gasteiger partial charge is 0.444 e. The minimum atomic E-state index is -4.42. The minimum Gasteiger partial charge on any atom is -0.444 e. The summed E-state index contributed by atoms with van der Waals surface area (Å²) in [7, 11) is -3.44. The molecule has 1 aliphatic rings. The Morgan fingerprint density at radius 3 is 2.26 bits per heavy atom. The van der Waals surface area contributed by atoms with Gasteiger partial charge >= 0.3 is 12.3 Å². The first-order valence-corrected chi connectivity index (χ1v) is 12.6. The van der Waals surface area contributed by atoms with Gasteiger partial charge in [-0.05, 0) is 56.2 Å². The van der Waals surface area contributed by atoms with Crippen molar-refractivity contribution in [3.05, 3.63) is 65.2 Å². The van der Waals surface area contributed by atoms with Crippen LogP contribution in [0.2, 0.25) is 0 Å². The molecule has 2 atom stereocenters. The molecule has 0 aliphatic carbocycles. The molecule has 0 saturated carbocycles. The van der Waals surface area contributed by atoms with Gasteiger partial charge in [0.05, 0.1) is 29.7 Å². The van der Waals surface area contributed by atoms with Crippen molar-refractivity contribution in [3.63, 3.8) is 0 Å². The second kappa shape index (κ2) is 9.58. The van der Waals surface area contributed by atoms with Crippen molar-refractivity contribution in [2.45, 2.75) is 56.1 Å². The highest BCUT2D eigenvalue weighted by atomic mass is 32.2. The predicted molar refractivity (Wildman–Crippen MR) is 120 cm³/mol. The standard InChI is InChI=1S/C24H28F3NO5S/c1-23(2,3)33-22(29)28-13-20(17-6-5-7-19(12-17)34(4,30)31)21(14-28)32-15-16-8-10-18(11-9-16)24(25,26)27/h5-12,20-21H,13-15H2,1-4H3/t20-,21+/m0/s1. The second-order valence-corrected chi connectivity index (χ2v) is 11.4. The van der Waals surface area contributed by atoms with E-state index in [-0.39, 0.29) is 30.5 Å². The van der Waals surface area contributed by atoms with Crippen molar-refractivity contribution in [2.24, 2.45) is 0 Å². The van der Waals surface area contributed by atoms with Crippen LogP contribution in [0.1, 0.15) is 43.4 Å². The molecule has 34 heavy (non-hydrogen) atoms. The summed E-state index contributed by atoms with van der Waals surface area (Å²) in [5.74, 6) is -0.344. The van der Waals surface area contributed by atoms with Gasteiger partial charge in [0, 0.05) is 18.7 Å². The highest BCUT2D eigenvalue weighted by molar-refractivity contribution is 7.90. The van der Waals surface area contributed by atoms with E-state index in [2.05, 4.69) is 0 Å². The summed E-state index contributed by atoms with van der Waals surface area (Å²) >= 11 is 0. The zero-order valence-corrected chi connectivity index (χ0v) is 20.2. The second-order valence-electron chi connectivity index (χ2n) is 9.38. The Hall–Kier alpha value is -2.59. The smallest absolute Gasteiger partial charge is 0.416 e. The van der Waals surface area contributed by atoms with E-state index in [1.807, 2.05) is 0 Å². The topological polar surface area (TPSA) is 72.9 Å². The van der Waals surface area contributed by atoms with Crippen molar-refractivity contribution < 1.29 is 35.9 Å². The molecular weight excluding hydrogens is 471 g/mol. The Kier molecular flexibility index (Phi) is 7.33. The average molecular weight is 500 g/mol. The fourth-order valence-electron chi connectivity index (χ4n) is 3.71. The molecule has 186 valence electrons. The van der Waals surface area contributed by atoms with E-state index in [0.29, 0.717) is 11.1 Å². The number of alkyl halides is 3. The van der Waals surface area contributed by atoms with Crippen molar-refractivity contribution in [1.29, 1.82) is 0 Å². The zero-order chi connectivity index (χ0) is 25.3. The summed E-state index contributed by atoms with van der Waals surface area (Å²) in [4.78, 5) is 14.3. The number of hydrogen-bond acceptors (Lipinski definition) is 5. The molecule has 0 N–H and O–H groups in total. The SMILES string of the molecule is CC(C)(C)OC(=O)N1C[C@@H](OCc2ccc(C(F)(F)F)cc2)[C@H](c2cccc(S(C)(=O)=O)c2)C1. The lowest BCUT2D eigenvalue weighted by Gasteiger charge is -2.24. The number of halogens is 3. The lowest BCUT2D eigenvalue weighted by atomic mass is 9.96. The number of hydrogen-bond donors (Lipinski definition) is 0. The van der Waals surface area contributed by atoms with Crippen LogP contribution >= 0.6 is 0 Å². The number of carbonyl (C=O) groups excluding carboxylic acids is 1. The van der Waals surface area contributed by atoms with Crippen LogP contribution in [0.15, 0.2) is 53.4 Å². The van der Waals surface area contributed by atoms with Crippen LogP contribution in [0.25, 0.3) is 0 Å². The number of amides is 1. The van der Waals surface area contributed by atoms with Gasteiger partial charge in [-0.1, -0.05) is 24.3 Å². The summed E-state index contributed by atoms with van der Waals surface area (Å²) in [6.07, 6.45) is -4.33. The Bertz CT molecular complexity index is 1120. The number of benzene rings is 2. The molecule has 10 heteroatoms. The minimum absolute atomic E-state index is 0.0349. The molecule has 0 aromatic heterocycles. The number of nitrogens with zero attached hydrogens (tertiary/aromatic N) is 1. The first kappa shape index (κ1) is 26.0. The highest BCUT2D eigenvalue weighted by Crippen LogP contribution is 2.33. The van der Waals surface area contributed by atoms with Crippen LogP contribution in [0.3, 0.4) is 0 Å². The molecule has 2 aromatic carbocycles. The van der Waals surface area contributed by atoms with Crippen molar-refractivity contribution in [3.8, 4) is 0 Å². The van der Waals surface area contributed by atoms with Crippen LogP contribution in [-0.2, 0) is 32.1 Å². The fraction of sp³-hybridized carbons (Fsp3) is 0.458. The Labute approximate surface area is 197 Å². The average Bonchev–Trinajstić information content (AvgIpc) is 3.15. The summed E-state index contributed by atoms with van der Waals surface area (Å²) < 4.78 is 74.0. The van der Waals surface area contributed by atoms with Crippen LogP contribution in [-0.4, -0.2) is 50.5 Å². The number of ether oxygens (including phenoxy) is 2. The van der Waals surface area contributed by atoms with Gasteiger partial charge in [0.1, 0.15) is 5.60 Å². The monoisotopic (exact) mass is 499 g/mol. The quantitative estimate of drug-likeness (QED) is 0.577. The maximum absolute atomic E-state index is 12.8. The molecule has 1 saturated heterocycles. The predicted octanol–water partition coefficient (Wildman–Crippen LogP) is 5.03. The van der Waals surface area contributed by atoms with Crippen molar-refractivity contribution in [1.82, 2.24) is 4.90 Å². The van der Waals surface area contributed by atoms with Gasteiger partial charge in [0.15, 0.2) is 9.84 Å². The first-order chi connectivity index (χ1) is 15.6. The molecule has 0 radical (unpaired) electrons. The number of sulfone groups is 1. The van der Waals surface area contributed by atoms with Gasteiger partial charge in [0.2, 0.25) is 0 Å². The Balaban J connectivity index is 1.82. The third-order valence-electron chi connectivity index (χ3n) is 5.38. The van der Waals surface area contributed by atoms with E-state index in [4.69, 9.17) is 9.47 Å². The zero-order valence-electron chi connectivity index (χ0n) is 19.4. The molecule has 0 spiro atoms. The lowest BCUT2D eigenvalue weighted by molar-refractivity contribution is -0.137. The van der Waals surface area contributed by atoms with Gasteiger partial charge in [-0.15, -0.1) is 0 Å². The first-order valence-electron chi connectivity index (χ1n) is 10.7. The summed E-state index contributed by atoms with van der Waals surface area (Å²) in [5, 5.41) is 0.